The van der Waals surface area contributed by atoms with E-state index in [2.05, 4.69) is 0 Å². The summed E-state index contributed by atoms with van der Waals surface area (Å²) in [5, 5.41) is 0.370. The molecule has 3 aromatic rings. The third-order valence-electron chi connectivity index (χ3n) is 3.64. The molecule has 0 saturated heterocycles. The molecular formula is C19H16O8. The summed E-state index contributed by atoms with van der Waals surface area (Å²) in [6, 6.07) is 7.49. The molecule has 0 N–H and O–H groups in total. The molecule has 0 aliphatic carbocycles. The van der Waals surface area contributed by atoms with Crippen LogP contribution in [0.4, 0.5) is 0 Å². The van der Waals surface area contributed by atoms with Gasteiger partial charge in [-0.25, -0.2) is 9.59 Å². The molecule has 27 heavy (non-hydrogen) atoms. The van der Waals surface area contributed by atoms with E-state index in [9.17, 15) is 14.4 Å². The van der Waals surface area contributed by atoms with Gasteiger partial charge in [0.05, 0.1) is 19.1 Å². The number of ether oxygens (including phenoxy) is 3. The van der Waals surface area contributed by atoms with Gasteiger partial charge in [0.25, 0.3) is 0 Å². The molecule has 0 unspecified atom stereocenters. The van der Waals surface area contributed by atoms with Gasteiger partial charge in [0.2, 0.25) is 5.76 Å². The summed E-state index contributed by atoms with van der Waals surface area (Å²) in [6.45, 7) is 3.04. The molecule has 0 bridgehead atoms. The second-order valence-electron chi connectivity index (χ2n) is 5.43. The van der Waals surface area contributed by atoms with Crippen LogP contribution in [-0.2, 0) is 9.53 Å². The summed E-state index contributed by atoms with van der Waals surface area (Å²) in [5.74, 6) is -0.935. The summed E-state index contributed by atoms with van der Waals surface area (Å²) in [4.78, 5) is 36.0. The first-order chi connectivity index (χ1) is 12.9. The minimum atomic E-state index is -0.795. The molecule has 0 amide bonds. The van der Waals surface area contributed by atoms with Gasteiger partial charge < -0.3 is 23.0 Å². The Morgan fingerprint density at radius 2 is 1.89 bits per heavy atom. The topological polar surface area (TPSA) is 105 Å². The van der Waals surface area contributed by atoms with Crippen molar-refractivity contribution in [1.29, 1.82) is 0 Å². The lowest BCUT2D eigenvalue weighted by atomic mass is 10.1. The van der Waals surface area contributed by atoms with Crippen molar-refractivity contribution in [3.63, 3.8) is 0 Å². The van der Waals surface area contributed by atoms with E-state index in [4.69, 9.17) is 23.0 Å². The summed E-state index contributed by atoms with van der Waals surface area (Å²) in [7, 11) is 1.47. The zero-order chi connectivity index (χ0) is 19.6. The Hall–Kier alpha value is -3.55. The highest BCUT2D eigenvalue weighted by Gasteiger charge is 2.24. The number of esters is 2. The molecule has 8 heteroatoms. The normalized spacial score (nSPS) is 10.6. The Morgan fingerprint density at radius 3 is 2.56 bits per heavy atom. The van der Waals surface area contributed by atoms with E-state index in [0.29, 0.717) is 11.1 Å². The van der Waals surface area contributed by atoms with Crippen LogP contribution in [0.2, 0.25) is 0 Å². The monoisotopic (exact) mass is 372 g/mol. The van der Waals surface area contributed by atoms with Crippen molar-refractivity contribution in [2.45, 2.75) is 13.8 Å². The van der Waals surface area contributed by atoms with Gasteiger partial charge in [0, 0.05) is 13.0 Å². The number of benzene rings is 1. The molecule has 2 heterocycles. The lowest BCUT2D eigenvalue weighted by Gasteiger charge is -2.10. The maximum atomic E-state index is 12.6. The van der Waals surface area contributed by atoms with Crippen molar-refractivity contribution >= 4 is 22.9 Å². The molecule has 8 nitrogen and oxygen atoms in total. The molecule has 140 valence electrons. The van der Waals surface area contributed by atoms with E-state index in [1.807, 2.05) is 0 Å². The predicted molar refractivity (Wildman–Crippen MR) is 94.0 cm³/mol. The Bertz CT molecular complexity index is 1070. The lowest BCUT2D eigenvalue weighted by molar-refractivity contribution is -0.131. The summed E-state index contributed by atoms with van der Waals surface area (Å²) in [5.41, 5.74) is -0.730. The molecule has 1 aromatic carbocycles. The first-order valence-corrected chi connectivity index (χ1v) is 8.05. The largest absolute Gasteiger partial charge is 0.497 e. The van der Waals surface area contributed by atoms with Crippen LogP contribution in [0.25, 0.3) is 22.3 Å². The SMILES string of the molecule is CCOC(=O)c1ccc(-c2c(OC(C)=O)c3ccc(OC)cc3oc2=O)o1. The second kappa shape index (κ2) is 7.36. The predicted octanol–water partition coefficient (Wildman–Crippen LogP) is 3.16. The van der Waals surface area contributed by atoms with Crippen LogP contribution in [0.1, 0.15) is 24.4 Å². The van der Waals surface area contributed by atoms with Gasteiger partial charge in [-0.1, -0.05) is 0 Å². The molecular weight excluding hydrogens is 356 g/mol. The zero-order valence-corrected chi connectivity index (χ0v) is 14.9. The van der Waals surface area contributed by atoms with Gasteiger partial charge in [0.15, 0.2) is 5.75 Å². The average molecular weight is 372 g/mol. The third-order valence-corrected chi connectivity index (χ3v) is 3.64. The second-order valence-corrected chi connectivity index (χ2v) is 5.43. The average Bonchev–Trinajstić information content (AvgIpc) is 3.10. The quantitative estimate of drug-likeness (QED) is 0.497. The Labute approximate surface area is 153 Å². The van der Waals surface area contributed by atoms with E-state index < -0.39 is 17.6 Å². The standard InChI is InChI=1S/C19H16O8/c1-4-24-18(21)14-8-7-13(26-14)16-17(25-10(2)20)12-6-5-11(23-3)9-15(12)27-19(16)22/h5-9H,4H2,1-3H3. The molecule has 0 aliphatic rings. The number of methoxy groups -OCH3 is 1. The van der Waals surface area contributed by atoms with E-state index >= 15 is 0 Å². The van der Waals surface area contributed by atoms with E-state index in [0.717, 1.165) is 0 Å². The number of carbonyl (C=O) groups excluding carboxylic acids is 2. The first-order valence-electron chi connectivity index (χ1n) is 8.05. The fraction of sp³-hybridized carbons (Fsp3) is 0.211. The number of hydrogen-bond acceptors (Lipinski definition) is 8. The van der Waals surface area contributed by atoms with Crippen molar-refractivity contribution in [3.05, 3.63) is 46.5 Å². The first kappa shape index (κ1) is 18.2. The molecule has 0 fully saturated rings. The van der Waals surface area contributed by atoms with Crippen LogP contribution in [-0.4, -0.2) is 25.7 Å². The van der Waals surface area contributed by atoms with Crippen molar-refractivity contribution < 1.29 is 32.6 Å². The highest BCUT2D eigenvalue weighted by molar-refractivity contribution is 5.93. The smallest absolute Gasteiger partial charge is 0.374 e. The van der Waals surface area contributed by atoms with Crippen molar-refractivity contribution in [2.24, 2.45) is 0 Å². The molecule has 2 aromatic heterocycles. The van der Waals surface area contributed by atoms with E-state index in [1.54, 1.807) is 19.1 Å². The third kappa shape index (κ3) is 3.55. The minimum Gasteiger partial charge on any atom is -0.497 e. The van der Waals surface area contributed by atoms with Gasteiger partial charge in [-0.05, 0) is 31.2 Å². The van der Waals surface area contributed by atoms with Gasteiger partial charge in [-0.15, -0.1) is 0 Å². The Balaban J connectivity index is 2.22. The van der Waals surface area contributed by atoms with Crippen LogP contribution in [0.3, 0.4) is 0 Å². The molecule has 0 aliphatic heterocycles. The summed E-state index contributed by atoms with van der Waals surface area (Å²) in [6.07, 6.45) is 0. The van der Waals surface area contributed by atoms with Crippen LogP contribution < -0.4 is 15.1 Å². The highest BCUT2D eigenvalue weighted by atomic mass is 16.5. The number of rotatable bonds is 5. The zero-order valence-electron chi connectivity index (χ0n) is 14.9. The van der Waals surface area contributed by atoms with E-state index in [1.165, 1.54) is 32.2 Å². The molecule has 0 radical (unpaired) electrons. The number of fused-ring (bicyclic) bond motifs is 1. The lowest BCUT2D eigenvalue weighted by Crippen LogP contribution is -2.10. The Kier molecular flexibility index (Phi) is 4.98. The van der Waals surface area contributed by atoms with Crippen LogP contribution in [0, 0.1) is 0 Å². The van der Waals surface area contributed by atoms with Crippen LogP contribution >= 0.6 is 0 Å². The van der Waals surface area contributed by atoms with Gasteiger partial charge in [-0.2, -0.15) is 0 Å². The summed E-state index contributed by atoms with van der Waals surface area (Å²) >= 11 is 0. The molecule has 0 spiro atoms. The number of furan rings is 1. The molecule has 0 atom stereocenters. The van der Waals surface area contributed by atoms with E-state index in [-0.39, 0.29) is 35.0 Å². The van der Waals surface area contributed by atoms with Gasteiger partial charge in [0.1, 0.15) is 22.7 Å². The van der Waals surface area contributed by atoms with Crippen molar-refractivity contribution in [1.82, 2.24) is 0 Å². The van der Waals surface area contributed by atoms with Crippen LogP contribution in [0.5, 0.6) is 11.5 Å². The number of hydrogen-bond donors (Lipinski definition) is 0. The van der Waals surface area contributed by atoms with Gasteiger partial charge in [-0.3, -0.25) is 4.79 Å². The highest BCUT2D eigenvalue weighted by Crippen LogP contribution is 2.36. The maximum Gasteiger partial charge on any atom is 0.374 e. The van der Waals surface area contributed by atoms with Crippen LogP contribution in [0.15, 0.2) is 44.0 Å². The fourth-order valence-corrected chi connectivity index (χ4v) is 2.53. The Morgan fingerprint density at radius 1 is 1.11 bits per heavy atom. The number of carbonyl (C=O) groups is 2. The fourth-order valence-electron chi connectivity index (χ4n) is 2.53. The summed E-state index contributed by atoms with van der Waals surface area (Å²) < 4.78 is 26.0. The van der Waals surface area contributed by atoms with Crippen molar-refractivity contribution in [3.8, 4) is 22.8 Å². The minimum absolute atomic E-state index is 0.0146. The molecule has 0 saturated carbocycles. The molecule has 3 rings (SSSR count). The van der Waals surface area contributed by atoms with Crippen molar-refractivity contribution in [2.75, 3.05) is 13.7 Å². The maximum absolute atomic E-state index is 12.6. The van der Waals surface area contributed by atoms with Gasteiger partial charge >= 0.3 is 17.6 Å².